The number of carbonyl (C=O) groups is 1. The van der Waals surface area contributed by atoms with Gasteiger partial charge in [-0.05, 0) is 43.2 Å². The third kappa shape index (κ3) is 3.66. The Kier molecular flexibility index (Phi) is 4.92. The standard InChI is InChI=1S/C21H20N4O2S/c1-13-5-4-8-22-20(13)21-24-14(2)18(28-21)10-19(26)27-11-15-6-7-17-16(9-15)23-12-25(17)3/h4-9,12H,10-11H2,1-3H3. The number of esters is 1. The average Bonchev–Trinajstić information content (AvgIpc) is 3.23. The van der Waals surface area contributed by atoms with E-state index in [1.54, 1.807) is 12.5 Å². The molecule has 3 aromatic heterocycles. The summed E-state index contributed by atoms with van der Waals surface area (Å²) in [6.07, 6.45) is 3.74. The third-order valence-electron chi connectivity index (χ3n) is 4.60. The van der Waals surface area contributed by atoms with Gasteiger partial charge < -0.3 is 9.30 Å². The lowest BCUT2D eigenvalue weighted by molar-refractivity contribution is -0.144. The topological polar surface area (TPSA) is 69.9 Å². The number of carbonyl (C=O) groups excluding carboxylic acids is 1. The molecule has 0 bridgehead atoms. The van der Waals surface area contributed by atoms with Crippen LogP contribution in [0, 0.1) is 13.8 Å². The first-order valence-corrected chi connectivity index (χ1v) is 9.77. The summed E-state index contributed by atoms with van der Waals surface area (Å²) in [5.41, 5.74) is 5.63. The van der Waals surface area contributed by atoms with Crippen molar-refractivity contribution < 1.29 is 9.53 Å². The van der Waals surface area contributed by atoms with Crippen molar-refractivity contribution in [3.8, 4) is 10.7 Å². The fraction of sp³-hybridized carbons (Fsp3) is 0.238. The van der Waals surface area contributed by atoms with Gasteiger partial charge in [-0.3, -0.25) is 9.78 Å². The summed E-state index contributed by atoms with van der Waals surface area (Å²) >= 11 is 1.49. The van der Waals surface area contributed by atoms with E-state index in [1.807, 2.05) is 55.8 Å². The highest BCUT2D eigenvalue weighted by Crippen LogP contribution is 2.29. The van der Waals surface area contributed by atoms with Crippen LogP contribution in [0.4, 0.5) is 0 Å². The molecule has 0 fully saturated rings. The van der Waals surface area contributed by atoms with Crippen LogP contribution in [0.3, 0.4) is 0 Å². The monoisotopic (exact) mass is 392 g/mol. The lowest BCUT2D eigenvalue weighted by Crippen LogP contribution is -2.07. The molecular formula is C21H20N4O2S. The second-order valence-electron chi connectivity index (χ2n) is 6.71. The number of hydrogen-bond acceptors (Lipinski definition) is 6. The molecule has 0 radical (unpaired) electrons. The zero-order chi connectivity index (χ0) is 19.7. The zero-order valence-corrected chi connectivity index (χ0v) is 16.8. The number of pyridine rings is 1. The van der Waals surface area contributed by atoms with E-state index >= 15 is 0 Å². The van der Waals surface area contributed by atoms with Crippen molar-refractivity contribution in [2.24, 2.45) is 7.05 Å². The number of ether oxygens (including phenoxy) is 1. The van der Waals surface area contributed by atoms with Crippen molar-refractivity contribution in [2.75, 3.05) is 0 Å². The van der Waals surface area contributed by atoms with E-state index in [0.717, 1.165) is 43.4 Å². The summed E-state index contributed by atoms with van der Waals surface area (Å²) in [6, 6.07) is 9.80. The maximum absolute atomic E-state index is 12.3. The number of rotatable bonds is 5. The molecule has 0 aliphatic carbocycles. The maximum Gasteiger partial charge on any atom is 0.311 e. The molecule has 28 heavy (non-hydrogen) atoms. The van der Waals surface area contributed by atoms with E-state index < -0.39 is 0 Å². The molecule has 0 spiro atoms. The average molecular weight is 392 g/mol. The number of imidazole rings is 1. The molecule has 6 nitrogen and oxygen atoms in total. The predicted octanol–water partition coefficient (Wildman–Crippen LogP) is 3.99. The Morgan fingerprint density at radius 3 is 2.89 bits per heavy atom. The molecule has 0 amide bonds. The first kappa shape index (κ1) is 18.3. The summed E-state index contributed by atoms with van der Waals surface area (Å²) in [5.74, 6) is -0.267. The summed E-state index contributed by atoms with van der Waals surface area (Å²) in [4.78, 5) is 26.6. The second-order valence-corrected chi connectivity index (χ2v) is 7.80. The van der Waals surface area contributed by atoms with Gasteiger partial charge >= 0.3 is 5.97 Å². The van der Waals surface area contributed by atoms with Gasteiger partial charge in [-0.25, -0.2) is 9.97 Å². The summed E-state index contributed by atoms with van der Waals surface area (Å²) in [7, 11) is 1.95. The van der Waals surface area contributed by atoms with E-state index in [2.05, 4.69) is 15.0 Å². The Hall–Kier alpha value is -3.06. The second kappa shape index (κ2) is 7.52. The molecule has 0 aliphatic heterocycles. The van der Waals surface area contributed by atoms with Crippen molar-refractivity contribution in [3.05, 3.63) is 64.6 Å². The number of nitrogens with zero attached hydrogens (tertiary/aromatic N) is 4. The quantitative estimate of drug-likeness (QED) is 0.480. The molecular weight excluding hydrogens is 372 g/mol. The molecule has 0 saturated carbocycles. The van der Waals surface area contributed by atoms with Crippen molar-refractivity contribution in [2.45, 2.75) is 26.9 Å². The van der Waals surface area contributed by atoms with Gasteiger partial charge in [-0.2, -0.15) is 0 Å². The molecule has 0 saturated heterocycles. The highest BCUT2D eigenvalue weighted by molar-refractivity contribution is 7.15. The summed E-state index contributed by atoms with van der Waals surface area (Å²) in [5, 5.41) is 0.832. The minimum Gasteiger partial charge on any atom is -0.461 e. The van der Waals surface area contributed by atoms with E-state index in [4.69, 9.17) is 4.74 Å². The normalized spacial score (nSPS) is 11.1. The smallest absolute Gasteiger partial charge is 0.311 e. The van der Waals surface area contributed by atoms with Gasteiger partial charge in [-0.15, -0.1) is 11.3 Å². The lowest BCUT2D eigenvalue weighted by atomic mass is 10.2. The van der Waals surface area contributed by atoms with Crippen molar-refractivity contribution in [3.63, 3.8) is 0 Å². The number of aryl methyl sites for hydroxylation is 3. The van der Waals surface area contributed by atoms with Gasteiger partial charge in [0.05, 0.1) is 29.5 Å². The largest absolute Gasteiger partial charge is 0.461 e. The molecule has 0 unspecified atom stereocenters. The van der Waals surface area contributed by atoms with Crippen LogP contribution in [-0.4, -0.2) is 25.5 Å². The van der Waals surface area contributed by atoms with E-state index in [0.29, 0.717) is 0 Å². The van der Waals surface area contributed by atoms with Gasteiger partial charge in [0.15, 0.2) is 0 Å². The highest BCUT2D eigenvalue weighted by atomic mass is 32.1. The summed E-state index contributed by atoms with van der Waals surface area (Å²) in [6.45, 7) is 4.15. The van der Waals surface area contributed by atoms with Crippen molar-refractivity contribution >= 4 is 28.3 Å². The van der Waals surface area contributed by atoms with Gasteiger partial charge in [0.1, 0.15) is 17.3 Å². The fourth-order valence-corrected chi connectivity index (χ4v) is 4.13. The highest BCUT2D eigenvalue weighted by Gasteiger charge is 2.16. The van der Waals surface area contributed by atoms with Crippen LogP contribution in [0.15, 0.2) is 42.9 Å². The Bertz CT molecular complexity index is 1160. The van der Waals surface area contributed by atoms with E-state index in [9.17, 15) is 4.79 Å². The van der Waals surface area contributed by atoms with Crippen molar-refractivity contribution in [1.29, 1.82) is 0 Å². The van der Waals surface area contributed by atoms with Gasteiger partial charge in [0, 0.05) is 18.1 Å². The van der Waals surface area contributed by atoms with Crippen LogP contribution in [-0.2, 0) is 29.6 Å². The first-order chi connectivity index (χ1) is 13.5. The fourth-order valence-electron chi connectivity index (χ4n) is 3.02. The minimum absolute atomic E-state index is 0.210. The van der Waals surface area contributed by atoms with Gasteiger partial charge in [0.2, 0.25) is 0 Å². The number of hydrogen-bond donors (Lipinski definition) is 0. The van der Waals surface area contributed by atoms with Crippen LogP contribution in [0.1, 0.15) is 21.7 Å². The van der Waals surface area contributed by atoms with Crippen LogP contribution in [0.25, 0.3) is 21.7 Å². The van der Waals surface area contributed by atoms with Crippen molar-refractivity contribution in [1.82, 2.24) is 19.5 Å². The number of aromatic nitrogens is 4. The number of thiazole rings is 1. The molecule has 3 heterocycles. The number of fused-ring (bicyclic) bond motifs is 1. The van der Waals surface area contributed by atoms with Crippen LogP contribution >= 0.6 is 11.3 Å². The first-order valence-electron chi connectivity index (χ1n) is 8.95. The Morgan fingerprint density at radius 1 is 1.21 bits per heavy atom. The third-order valence-corrected chi connectivity index (χ3v) is 5.76. The molecule has 7 heteroatoms. The molecule has 0 N–H and O–H groups in total. The lowest BCUT2D eigenvalue weighted by Gasteiger charge is -2.05. The summed E-state index contributed by atoms with van der Waals surface area (Å²) < 4.78 is 7.43. The molecule has 142 valence electrons. The molecule has 1 aromatic carbocycles. The minimum atomic E-state index is -0.267. The predicted molar refractivity (Wildman–Crippen MR) is 109 cm³/mol. The molecule has 0 atom stereocenters. The van der Waals surface area contributed by atoms with Gasteiger partial charge in [-0.1, -0.05) is 12.1 Å². The van der Waals surface area contributed by atoms with Crippen LogP contribution in [0.2, 0.25) is 0 Å². The Labute approximate surface area is 166 Å². The van der Waals surface area contributed by atoms with Crippen LogP contribution < -0.4 is 0 Å². The Morgan fingerprint density at radius 2 is 2.07 bits per heavy atom. The molecule has 4 aromatic rings. The van der Waals surface area contributed by atoms with Gasteiger partial charge in [0.25, 0.3) is 0 Å². The maximum atomic E-state index is 12.3. The molecule has 4 rings (SSSR count). The van der Waals surface area contributed by atoms with E-state index in [1.165, 1.54) is 11.3 Å². The number of benzene rings is 1. The molecule has 0 aliphatic rings. The van der Waals surface area contributed by atoms with E-state index in [-0.39, 0.29) is 19.0 Å². The SMILES string of the molecule is Cc1cccnc1-c1nc(C)c(CC(=O)OCc2ccc3c(c2)ncn3C)s1. The zero-order valence-electron chi connectivity index (χ0n) is 16.0. The Balaban J connectivity index is 1.43. The van der Waals surface area contributed by atoms with Crippen LogP contribution in [0.5, 0.6) is 0 Å².